The van der Waals surface area contributed by atoms with E-state index in [4.69, 9.17) is 5.73 Å². The zero-order valence-corrected chi connectivity index (χ0v) is 19.4. The molecule has 12 nitrogen and oxygen atoms in total. The minimum Gasteiger partial charge on any atom is -0.355 e. The zero-order chi connectivity index (χ0) is 24.4. The molecule has 33 heavy (non-hydrogen) atoms. The Hall–Kier alpha value is -4.13. The number of hydrogen-bond donors (Lipinski definition) is 6. The van der Waals surface area contributed by atoms with Crippen LogP contribution in [-0.4, -0.2) is 43.6 Å². The second kappa shape index (κ2) is 9.16. The Morgan fingerprint density at radius 2 is 1.48 bits per heavy atom. The molecular weight excluding hydrogens is 496 g/mol. The predicted molar refractivity (Wildman–Crippen MR) is 124 cm³/mol. The van der Waals surface area contributed by atoms with E-state index in [0.717, 1.165) is 0 Å². The molecule has 0 fully saturated rings. The van der Waals surface area contributed by atoms with Crippen LogP contribution in [0.25, 0.3) is 0 Å². The Balaban J connectivity index is 1.73. The van der Waals surface area contributed by atoms with Crippen molar-refractivity contribution in [1.29, 1.82) is 0 Å². The Kier molecular flexibility index (Phi) is 6.53. The highest BCUT2D eigenvalue weighted by molar-refractivity contribution is 9.12. The summed E-state index contributed by atoms with van der Waals surface area (Å²) in [5.41, 5.74) is 9.59. The number of nitrogens with one attached hydrogen (secondary N) is 7. The summed E-state index contributed by atoms with van der Waals surface area (Å²) in [5, 5.41) is 7.83. The number of aryl methyl sites for hydroxylation is 1. The maximum atomic E-state index is 12.7. The van der Waals surface area contributed by atoms with Crippen LogP contribution in [0.2, 0.25) is 0 Å². The quantitative estimate of drug-likeness (QED) is 0.263. The van der Waals surface area contributed by atoms with E-state index in [2.05, 4.69) is 58.4 Å². The van der Waals surface area contributed by atoms with Crippen LogP contribution < -0.4 is 21.7 Å². The number of carbonyl (C=O) groups is 4. The predicted octanol–water partition coefficient (Wildman–Crippen LogP) is 2.77. The van der Waals surface area contributed by atoms with Gasteiger partial charge in [0.15, 0.2) is 11.6 Å². The standard InChI is InChI=1S/C20H20BrN8O4/c1-7-11(5-23-13(7)15(22)30)26-19(32)14-8(2)12(6-24-14)27-20(33)17-25-10(4)16(28-17)29-18(31)9(3)21/h5-6,22-24H,3H2,1-2,4H3,(H,25,28)(H,26,32)(H,27,33)(H,29,31). The molecule has 7 N–H and O–H groups in total. The van der Waals surface area contributed by atoms with Crippen molar-refractivity contribution in [2.45, 2.75) is 20.8 Å². The fourth-order valence-electron chi connectivity index (χ4n) is 2.95. The van der Waals surface area contributed by atoms with Crippen LogP contribution in [0.15, 0.2) is 23.5 Å². The number of H-pyrrole nitrogens is 3. The molecule has 171 valence electrons. The molecule has 0 atom stereocenters. The van der Waals surface area contributed by atoms with E-state index in [1.54, 1.807) is 20.8 Å². The number of imidazole rings is 1. The second-order valence-corrected chi connectivity index (χ2v) is 8.02. The van der Waals surface area contributed by atoms with Gasteiger partial charge in [-0.25, -0.2) is 4.98 Å². The SMILES string of the molecule is C=C(Br)C(=O)Nc1nc(C(=O)Nc2c[nH]c(C(=O)Nc3c[nH]c(C([NH])=O)c3C)c2C)[nH]c1C. The number of halogens is 1. The van der Waals surface area contributed by atoms with E-state index in [1.165, 1.54) is 12.4 Å². The Morgan fingerprint density at radius 3 is 2.03 bits per heavy atom. The van der Waals surface area contributed by atoms with Crippen LogP contribution in [-0.2, 0) is 4.79 Å². The maximum absolute atomic E-state index is 12.7. The van der Waals surface area contributed by atoms with Gasteiger partial charge in [-0.3, -0.25) is 24.9 Å². The molecule has 0 aliphatic carbocycles. The number of aromatic amines is 3. The van der Waals surface area contributed by atoms with Crippen LogP contribution in [0, 0.1) is 20.8 Å². The van der Waals surface area contributed by atoms with Gasteiger partial charge in [0.25, 0.3) is 23.6 Å². The van der Waals surface area contributed by atoms with Crippen molar-refractivity contribution < 1.29 is 19.2 Å². The highest BCUT2D eigenvalue weighted by atomic mass is 79.9. The monoisotopic (exact) mass is 515 g/mol. The van der Waals surface area contributed by atoms with E-state index >= 15 is 0 Å². The van der Waals surface area contributed by atoms with Gasteiger partial charge in [-0.1, -0.05) is 6.58 Å². The lowest BCUT2D eigenvalue weighted by Gasteiger charge is -2.05. The molecule has 3 aromatic rings. The third kappa shape index (κ3) is 4.87. The average Bonchev–Trinajstić information content (AvgIpc) is 3.40. The molecule has 3 rings (SSSR count). The van der Waals surface area contributed by atoms with Crippen molar-refractivity contribution in [3.05, 3.63) is 57.5 Å². The molecule has 0 unspecified atom stereocenters. The Labute approximate surface area is 195 Å². The van der Waals surface area contributed by atoms with Crippen molar-refractivity contribution in [2.24, 2.45) is 0 Å². The number of carbonyl (C=O) groups excluding carboxylic acids is 4. The lowest BCUT2D eigenvalue weighted by Crippen LogP contribution is -2.16. The van der Waals surface area contributed by atoms with Crippen LogP contribution in [0.5, 0.6) is 0 Å². The molecule has 0 spiro atoms. The smallest absolute Gasteiger partial charge is 0.291 e. The molecular formula is C20H20BrN8O4. The van der Waals surface area contributed by atoms with Gasteiger partial charge in [-0.15, -0.1) is 0 Å². The third-order valence-electron chi connectivity index (χ3n) is 4.81. The average molecular weight is 516 g/mol. The Morgan fingerprint density at radius 1 is 0.939 bits per heavy atom. The van der Waals surface area contributed by atoms with E-state index in [9.17, 15) is 19.2 Å². The number of amides is 4. The van der Waals surface area contributed by atoms with Crippen molar-refractivity contribution in [3.8, 4) is 0 Å². The first-order valence-corrected chi connectivity index (χ1v) is 10.3. The van der Waals surface area contributed by atoms with Crippen molar-refractivity contribution in [3.63, 3.8) is 0 Å². The van der Waals surface area contributed by atoms with Gasteiger partial charge in [0.2, 0.25) is 0 Å². The Bertz CT molecular complexity index is 1300. The summed E-state index contributed by atoms with van der Waals surface area (Å²) in [6.45, 7) is 8.36. The summed E-state index contributed by atoms with van der Waals surface area (Å²) >= 11 is 2.97. The minimum absolute atomic E-state index is 0.0369. The van der Waals surface area contributed by atoms with Gasteiger partial charge in [0.05, 0.1) is 21.6 Å². The van der Waals surface area contributed by atoms with Gasteiger partial charge in [0, 0.05) is 23.5 Å². The molecule has 0 aromatic carbocycles. The van der Waals surface area contributed by atoms with Crippen LogP contribution in [0.3, 0.4) is 0 Å². The van der Waals surface area contributed by atoms with E-state index < -0.39 is 23.6 Å². The largest absolute Gasteiger partial charge is 0.355 e. The molecule has 4 amide bonds. The molecule has 0 saturated carbocycles. The van der Waals surface area contributed by atoms with E-state index in [1.807, 2.05) is 0 Å². The molecule has 1 radical (unpaired) electrons. The number of hydrogen-bond acceptors (Lipinski definition) is 5. The number of aromatic nitrogens is 4. The van der Waals surface area contributed by atoms with Gasteiger partial charge in [-0.2, -0.15) is 0 Å². The fourth-order valence-corrected chi connectivity index (χ4v) is 3.05. The van der Waals surface area contributed by atoms with Gasteiger partial charge < -0.3 is 30.9 Å². The van der Waals surface area contributed by atoms with E-state index in [-0.39, 0.29) is 27.5 Å². The summed E-state index contributed by atoms with van der Waals surface area (Å²) in [7, 11) is 0. The first kappa shape index (κ1) is 23.5. The lowest BCUT2D eigenvalue weighted by atomic mass is 10.2. The zero-order valence-electron chi connectivity index (χ0n) is 17.8. The van der Waals surface area contributed by atoms with Gasteiger partial charge >= 0.3 is 0 Å². The molecule has 0 bridgehead atoms. The molecule has 3 aromatic heterocycles. The lowest BCUT2D eigenvalue weighted by molar-refractivity contribution is -0.112. The highest BCUT2D eigenvalue weighted by Crippen LogP contribution is 2.23. The first-order valence-electron chi connectivity index (χ1n) is 9.46. The van der Waals surface area contributed by atoms with Crippen molar-refractivity contribution in [1.82, 2.24) is 25.7 Å². The number of nitrogens with zero attached hydrogens (tertiary/aromatic N) is 1. The summed E-state index contributed by atoms with van der Waals surface area (Å²) < 4.78 is 0.113. The van der Waals surface area contributed by atoms with Crippen molar-refractivity contribution >= 4 is 56.8 Å². The molecule has 13 heteroatoms. The summed E-state index contributed by atoms with van der Waals surface area (Å²) in [6.07, 6.45) is 2.88. The summed E-state index contributed by atoms with van der Waals surface area (Å²) in [4.78, 5) is 60.6. The highest BCUT2D eigenvalue weighted by Gasteiger charge is 2.21. The number of anilines is 3. The normalized spacial score (nSPS) is 10.5. The molecule has 0 aliphatic rings. The van der Waals surface area contributed by atoms with E-state index in [0.29, 0.717) is 28.2 Å². The summed E-state index contributed by atoms with van der Waals surface area (Å²) in [5.74, 6) is -2.31. The van der Waals surface area contributed by atoms with Crippen LogP contribution in [0.4, 0.5) is 17.2 Å². The minimum atomic E-state index is -0.887. The molecule has 3 heterocycles. The third-order valence-corrected chi connectivity index (χ3v) is 5.17. The molecule has 0 saturated heterocycles. The van der Waals surface area contributed by atoms with Crippen molar-refractivity contribution in [2.75, 3.05) is 16.0 Å². The summed E-state index contributed by atoms with van der Waals surface area (Å²) in [6, 6.07) is 0. The molecule has 0 aliphatic heterocycles. The van der Waals surface area contributed by atoms with Gasteiger partial charge in [-0.05, 0) is 36.7 Å². The van der Waals surface area contributed by atoms with Crippen LogP contribution >= 0.6 is 15.9 Å². The first-order chi connectivity index (χ1) is 15.5. The maximum Gasteiger partial charge on any atom is 0.291 e. The number of rotatable bonds is 7. The van der Waals surface area contributed by atoms with Gasteiger partial charge in [0.1, 0.15) is 11.4 Å². The fraction of sp³-hybridized carbons (Fsp3) is 0.150. The van der Waals surface area contributed by atoms with Crippen LogP contribution in [0.1, 0.15) is 48.4 Å². The topological polar surface area (TPSA) is 188 Å². The second-order valence-electron chi connectivity index (χ2n) is 7.06.